The molecule has 0 spiro atoms. The summed E-state index contributed by atoms with van der Waals surface area (Å²) in [5.41, 5.74) is 5.00. The highest BCUT2D eigenvalue weighted by Crippen LogP contribution is 2.66. The predicted octanol–water partition coefficient (Wildman–Crippen LogP) is 4.94. The Morgan fingerprint density at radius 1 is 0.981 bits per heavy atom. The number of hydrogen-bond donors (Lipinski definition) is 1. The first-order valence-electron chi connectivity index (χ1n) is 19.0. The van der Waals surface area contributed by atoms with Crippen molar-refractivity contribution < 1.29 is 27.5 Å². The zero-order valence-electron chi connectivity index (χ0n) is 31.0. The molecule has 4 fully saturated rings. The molecule has 3 aromatic rings. The lowest BCUT2D eigenvalue weighted by molar-refractivity contribution is -0.157. The fourth-order valence-corrected chi connectivity index (χ4v) is 11.5. The summed E-state index contributed by atoms with van der Waals surface area (Å²) < 4.78 is 36.0. The van der Waals surface area contributed by atoms with E-state index >= 15 is 4.79 Å². The summed E-state index contributed by atoms with van der Waals surface area (Å²) in [5, 5.41) is 1.06. The molecule has 2 saturated carbocycles. The number of likely N-dealkylation sites (N-methyl/N-ethyl adjacent to an activating group) is 1. The van der Waals surface area contributed by atoms with E-state index in [1.807, 2.05) is 36.9 Å². The summed E-state index contributed by atoms with van der Waals surface area (Å²) in [7, 11) is -0.0533. The van der Waals surface area contributed by atoms with E-state index in [1.54, 1.807) is 20.1 Å². The van der Waals surface area contributed by atoms with Crippen molar-refractivity contribution in [2.45, 2.75) is 89.8 Å². The minimum atomic E-state index is -3.82. The van der Waals surface area contributed by atoms with Crippen LogP contribution >= 0.6 is 0 Å². The summed E-state index contributed by atoms with van der Waals surface area (Å²) in [6.07, 6.45) is 6.33. The Morgan fingerprint density at radius 3 is 2.35 bits per heavy atom. The highest BCUT2D eigenvalue weighted by Gasteiger charge is 2.65. The molecule has 3 amide bonds. The van der Waals surface area contributed by atoms with Crippen LogP contribution in [0.25, 0.3) is 22.2 Å². The van der Waals surface area contributed by atoms with Crippen LogP contribution in [-0.2, 0) is 26.2 Å². The molecule has 3 aliphatic heterocycles. The van der Waals surface area contributed by atoms with Crippen molar-refractivity contribution >= 4 is 38.6 Å². The van der Waals surface area contributed by atoms with Gasteiger partial charge in [0.25, 0.3) is 5.91 Å². The molecule has 5 aliphatic rings. The van der Waals surface area contributed by atoms with Crippen molar-refractivity contribution in [2.75, 3.05) is 46.1 Å². The molecule has 4 heterocycles. The molecule has 8 rings (SSSR count). The zero-order valence-corrected chi connectivity index (χ0v) is 31.8. The summed E-state index contributed by atoms with van der Waals surface area (Å²) in [4.78, 5) is 47.7. The number of piperazine rings is 2. The summed E-state index contributed by atoms with van der Waals surface area (Å²) in [6.45, 7) is 8.14. The van der Waals surface area contributed by atoms with Crippen molar-refractivity contribution in [3.05, 3.63) is 53.1 Å². The van der Waals surface area contributed by atoms with E-state index in [0.29, 0.717) is 45.1 Å². The summed E-state index contributed by atoms with van der Waals surface area (Å²) >= 11 is 0. The van der Waals surface area contributed by atoms with Crippen LogP contribution in [0.1, 0.15) is 92.6 Å². The van der Waals surface area contributed by atoms with Gasteiger partial charge in [0.2, 0.25) is 21.8 Å². The van der Waals surface area contributed by atoms with Gasteiger partial charge in [-0.25, -0.2) is 13.1 Å². The van der Waals surface area contributed by atoms with E-state index in [4.69, 9.17) is 4.74 Å². The number of rotatable bonds is 7. The number of carbonyl (C=O) groups is 3. The number of carbonyl (C=O) groups excluding carboxylic acids is 3. The van der Waals surface area contributed by atoms with Gasteiger partial charge in [0, 0.05) is 67.6 Å². The molecule has 1 N–H and O–H groups in total. The molecule has 3 unspecified atom stereocenters. The van der Waals surface area contributed by atoms with Gasteiger partial charge in [-0.15, -0.1) is 0 Å². The van der Waals surface area contributed by atoms with E-state index < -0.39 is 21.3 Å². The van der Waals surface area contributed by atoms with Crippen LogP contribution in [0.5, 0.6) is 5.75 Å². The average Bonchev–Trinajstić information content (AvgIpc) is 3.76. The molecule has 4 atom stereocenters. The van der Waals surface area contributed by atoms with Crippen LogP contribution in [0.15, 0.2) is 36.4 Å². The highest BCUT2D eigenvalue weighted by atomic mass is 32.2. The van der Waals surface area contributed by atoms with Crippen LogP contribution in [-0.4, -0.2) is 104 Å². The van der Waals surface area contributed by atoms with Crippen molar-refractivity contribution in [2.24, 2.45) is 11.3 Å². The lowest BCUT2D eigenvalue weighted by Crippen LogP contribution is -2.70. The number of aromatic nitrogens is 1. The number of fused-ring (bicyclic) bond motifs is 9. The number of amides is 3. The van der Waals surface area contributed by atoms with Gasteiger partial charge < -0.3 is 24.0 Å². The third-order valence-electron chi connectivity index (χ3n) is 12.4. The van der Waals surface area contributed by atoms with E-state index in [9.17, 15) is 18.0 Å². The SMILES string of the molecule is COc1ccc2c(c1)C1C[C@]1(C(=O)N1C3CN(C)CC1CN(C(C)=O)C3)Cn1c-2c(C2CCCCC2)c2ccc(C(=O)NS(=O)(=O)CC(C)C)cc21. The molecule has 278 valence electrons. The second kappa shape index (κ2) is 12.9. The van der Waals surface area contributed by atoms with E-state index in [0.717, 1.165) is 59.2 Å². The molecule has 11 nitrogen and oxygen atoms in total. The van der Waals surface area contributed by atoms with E-state index in [1.165, 1.54) is 12.0 Å². The number of methoxy groups -OCH3 is 1. The van der Waals surface area contributed by atoms with Gasteiger partial charge in [-0.1, -0.05) is 39.2 Å². The largest absolute Gasteiger partial charge is 0.497 e. The summed E-state index contributed by atoms with van der Waals surface area (Å²) in [6, 6.07) is 11.6. The Kier molecular flexibility index (Phi) is 8.72. The van der Waals surface area contributed by atoms with Gasteiger partial charge >= 0.3 is 0 Å². The maximum atomic E-state index is 15.3. The topological polar surface area (TPSA) is 121 Å². The highest BCUT2D eigenvalue weighted by molar-refractivity contribution is 7.90. The molecule has 52 heavy (non-hydrogen) atoms. The lowest BCUT2D eigenvalue weighted by atomic mass is 9.81. The third-order valence-corrected chi connectivity index (χ3v) is 14.0. The van der Waals surface area contributed by atoms with Crippen LogP contribution in [0.2, 0.25) is 0 Å². The molecule has 2 aromatic carbocycles. The second-order valence-corrected chi connectivity index (χ2v) is 18.3. The molecule has 1 aromatic heterocycles. The number of hydrogen-bond acceptors (Lipinski definition) is 7. The quantitative estimate of drug-likeness (QED) is 0.366. The number of sulfonamides is 1. The van der Waals surface area contributed by atoms with E-state index in [2.05, 4.69) is 38.3 Å². The number of nitrogens with one attached hydrogen (secondary N) is 1. The minimum absolute atomic E-state index is 0.0174. The number of ether oxygens (including phenoxy) is 1. The molecule has 2 saturated heterocycles. The Balaban J connectivity index is 1.29. The molecule has 12 heteroatoms. The van der Waals surface area contributed by atoms with Gasteiger partial charge in [-0.05, 0) is 79.6 Å². The standard InChI is InChI=1S/C40H51N5O6S/c1-24(2)22-52(49,50)41-38(47)27-11-13-32-35(15-27)44-23-40(39(48)45-28-18-42(4)19-29(45)21-43(20-28)25(3)46)17-34(40)33-16-30(51-5)12-14-31(33)37(44)36(32)26-9-7-6-8-10-26/h11-16,24,26,28-29,34H,6-10,17-23H2,1-5H3,(H,41,47)/t28?,29?,34?,40-/m0/s1. The van der Waals surface area contributed by atoms with Gasteiger partial charge in [-0.3, -0.25) is 14.4 Å². The van der Waals surface area contributed by atoms with Crippen LogP contribution in [0.4, 0.5) is 0 Å². The molecular formula is C40H51N5O6S. The fraction of sp³-hybridized carbons (Fsp3) is 0.575. The second-order valence-electron chi connectivity index (χ2n) is 16.6. The van der Waals surface area contributed by atoms with Gasteiger partial charge in [0.15, 0.2) is 0 Å². The normalized spacial score (nSPS) is 26.0. The van der Waals surface area contributed by atoms with Gasteiger partial charge in [0.1, 0.15) is 5.75 Å². The Labute approximate surface area is 306 Å². The van der Waals surface area contributed by atoms with Gasteiger partial charge in [-0.2, -0.15) is 0 Å². The van der Waals surface area contributed by atoms with Crippen LogP contribution in [0, 0.1) is 11.3 Å². The monoisotopic (exact) mass is 729 g/mol. The first-order chi connectivity index (χ1) is 24.8. The summed E-state index contributed by atoms with van der Waals surface area (Å²) in [5.74, 6) is 0.326. The van der Waals surface area contributed by atoms with Gasteiger partial charge in [0.05, 0.1) is 36.1 Å². The minimum Gasteiger partial charge on any atom is -0.497 e. The first kappa shape index (κ1) is 35.1. The first-order valence-corrected chi connectivity index (χ1v) is 20.6. The van der Waals surface area contributed by atoms with Crippen molar-refractivity contribution in [1.82, 2.24) is 24.0 Å². The molecular weight excluding hydrogens is 679 g/mol. The van der Waals surface area contributed by atoms with Crippen LogP contribution in [0.3, 0.4) is 0 Å². The predicted molar refractivity (Wildman–Crippen MR) is 200 cm³/mol. The molecule has 2 aliphatic carbocycles. The smallest absolute Gasteiger partial charge is 0.264 e. The van der Waals surface area contributed by atoms with Crippen LogP contribution < -0.4 is 9.46 Å². The van der Waals surface area contributed by atoms with Crippen molar-refractivity contribution in [1.29, 1.82) is 0 Å². The van der Waals surface area contributed by atoms with Crippen molar-refractivity contribution in [3.8, 4) is 17.0 Å². The Hall–Kier alpha value is -3.90. The van der Waals surface area contributed by atoms with Crippen molar-refractivity contribution in [3.63, 3.8) is 0 Å². The fourth-order valence-electron chi connectivity index (χ4n) is 10.1. The Bertz CT molecular complexity index is 2050. The van der Waals surface area contributed by atoms with E-state index in [-0.39, 0.29) is 47.1 Å². The molecule has 0 radical (unpaired) electrons. The number of benzene rings is 2. The number of nitrogens with zero attached hydrogens (tertiary/aromatic N) is 4. The third kappa shape index (κ3) is 5.90. The molecule has 2 bridgehead atoms. The lowest BCUT2D eigenvalue weighted by Gasteiger charge is -2.53. The maximum Gasteiger partial charge on any atom is 0.264 e. The zero-order chi connectivity index (χ0) is 36.7. The Morgan fingerprint density at radius 2 is 1.69 bits per heavy atom. The maximum absolute atomic E-state index is 15.3. The average molecular weight is 730 g/mol.